The largest absolute Gasteiger partial charge is 0.465 e. The molecule has 1 heterocycles. The average Bonchev–Trinajstić information content (AvgIpc) is 2.80. The summed E-state index contributed by atoms with van der Waals surface area (Å²) in [6, 6.07) is 4.56. The molecule has 6 nitrogen and oxygen atoms in total. The second kappa shape index (κ2) is 5.51. The van der Waals surface area contributed by atoms with Gasteiger partial charge in [0.1, 0.15) is 5.41 Å². The van der Waals surface area contributed by atoms with Crippen molar-refractivity contribution >= 4 is 28.5 Å². The molecular weight excluding hydrogens is 277 g/mol. The summed E-state index contributed by atoms with van der Waals surface area (Å²) in [7, 11) is 0. The number of anilines is 1. The second-order valence-electron chi connectivity index (χ2n) is 5.07. The third-order valence-corrected chi connectivity index (χ3v) is 3.12. The zero-order chi connectivity index (χ0) is 15.6. The number of rotatable bonds is 4. The van der Waals surface area contributed by atoms with Crippen LogP contribution in [0.15, 0.2) is 18.2 Å². The summed E-state index contributed by atoms with van der Waals surface area (Å²) < 4.78 is 18.1. The number of aromatic nitrogens is 2. The van der Waals surface area contributed by atoms with Crippen LogP contribution in [0.3, 0.4) is 0 Å². The number of H-pyrrole nitrogens is 1. The minimum Gasteiger partial charge on any atom is -0.465 e. The summed E-state index contributed by atoms with van der Waals surface area (Å²) in [6.07, 6.45) is 0. The van der Waals surface area contributed by atoms with Gasteiger partial charge < -0.3 is 10.1 Å². The van der Waals surface area contributed by atoms with Crippen LogP contribution < -0.4 is 5.32 Å². The lowest BCUT2D eigenvalue weighted by Crippen LogP contribution is -2.39. The fourth-order valence-electron chi connectivity index (χ4n) is 1.75. The molecule has 0 aliphatic rings. The molecule has 21 heavy (non-hydrogen) atoms. The van der Waals surface area contributed by atoms with E-state index in [-0.39, 0.29) is 6.61 Å². The number of hydrogen-bond acceptors (Lipinski definition) is 4. The van der Waals surface area contributed by atoms with Crippen LogP contribution in [-0.4, -0.2) is 28.7 Å². The number of esters is 1. The SMILES string of the molecule is CCOC(=O)C(C)(C)C(=O)Nc1ccc2c(F)[nH]nc2c1. The molecule has 2 rings (SSSR count). The molecule has 0 spiro atoms. The molecule has 1 aromatic carbocycles. The highest BCUT2D eigenvalue weighted by Crippen LogP contribution is 2.23. The van der Waals surface area contributed by atoms with Crippen LogP contribution in [0.1, 0.15) is 20.8 Å². The van der Waals surface area contributed by atoms with Gasteiger partial charge in [-0.2, -0.15) is 9.49 Å². The molecule has 1 aromatic heterocycles. The van der Waals surface area contributed by atoms with E-state index in [9.17, 15) is 14.0 Å². The van der Waals surface area contributed by atoms with Crippen molar-refractivity contribution < 1.29 is 18.7 Å². The first-order chi connectivity index (χ1) is 9.86. The van der Waals surface area contributed by atoms with E-state index < -0.39 is 23.2 Å². The average molecular weight is 293 g/mol. The van der Waals surface area contributed by atoms with Gasteiger partial charge in [-0.3, -0.25) is 14.7 Å². The Bertz CT molecular complexity index is 694. The van der Waals surface area contributed by atoms with Gasteiger partial charge in [0.15, 0.2) is 0 Å². The van der Waals surface area contributed by atoms with Crippen LogP contribution in [0.25, 0.3) is 10.9 Å². The fourth-order valence-corrected chi connectivity index (χ4v) is 1.75. The van der Waals surface area contributed by atoms with Crippen LogP contribution in [0.5, 0.6) is 0 Å². The predicted molar refractivity (Wildman–Crippen MR) is 75.1 cm³/mol. The van der Waals surface area contributed by atoms with E-state index in [2.05, 4.69) is 15.5 Å². The maximum Gasteiger partial charge on any atom is 0.321 e. The number of hydrogen-bond donors (Lipinski definition) is 2. The number of carbonyl (C=O) groups is 2. The molecule has 0 unspecified atom stereocenters. The first-order valence-electron chi connectivity index (χ1n) is 6.48. The molecule has 0 radical (unpaired) electrons. The molecule has 0 bridgehead atoms. The lowest BCUT2D eigenvalue weighted by molar-refractivity contribution is -0.156. The van der Waals surface area contributed by atoms with Crippen molar-refractivity contribution in [2.75, 3.05) is 11.9 Å². The smallest absolute Gasteiger partial charge is 0.321 e. The molecule has 0 fully saturated rings. The van der Waals surface area contributed by atoms with E-state index in [1.54, 1.807) is 13.0 Å². The lowest BCUT2D eigenvalue weighted by Gasteiger charge is -2.21. The highest BCUT2D eigenvalue weighted by molar-refractivity contribution is 6.08. The minimum absolute atomic E-state index is 0.202. The Hall–Kier alpha value is -2.44. The first kappa shape index (κ1) is 15.0. The predicted octanol–water partition coefficient (Wildman–Crippen LogP) is 2.23. The van der Waals surface area contributed by atoms with E-state index >= 15 is 0 Å². The number of amides is 1. The zero-order valence-corrected chi connectivity index (χ0v) is 12.0. The van der Waals surface area contributed by atoms with Gasteiger partial charge in [-0.1, -0.05) is 0 Å². The van der Waals surface area contributed by atoms with Gasteiger partial charge in [0, 0.05) is 5.69 Å². The number of carbonyl (C=O) groups excluding carboxylic acids is 2. The third kappa shape index (κ3) is 2.86. The normalized spacial score (nSPS) is 11.4. The molecule has 7 heteroatoms. The Labute approximate surface area is 120 Å². The first-order valence-corrected chi connectivity index (χ1v) is 6.48. The molecule has 1 amide bonds. The molecule has 0 saturated heterocycles. The topological polar surface area (TPSA) is 84.1 Å². The Morgan fingerprint density at radius 2 is 2.14 bits per heavy atom. The molecule has 0 atom stereocenters. The summed E-state index contributed by atoms with van der Waals surface area (Å²) in [5.74, 6) is -1.64. The minimum atomic E-state index is -1.32. The number of halogens is 1. The Balaban J connectivity index is 2.19. The molecule has 0 aliphatic carbocycles. The maximum atomic E-state index is 13.3. The molecular formula is C14H16FN3O3. The highest BCUT2D eigenvalue weighted by Gasteiger charge is 2.37. The van der Waals surface area contributed by atoms with Gasteiger partial charge in [-0.25, -0.2) is 0 Å². The Morgan fingerprint density at radius 3 is 2.81 bits per heavy atom. The highest BCUT2D eigenvalue weighted by atomic mass is 19.1. The molecule has 0 aliphatic heterocycles. The van der Waals surface area contributed by atoms with Crippen LogP contribution in [0, 0.1) is 11.4 Å². The van der Waals surface area contributed by atoms with E-state index in [1.165, 1.54) is 26.0 Å². The van der Waals surface area contributed by atoms with Crippen LogP contribution in [-0.2, 0) is 14.3 Å². The molecule has 112 valence electrons. The lowest BCUT2D eigenvalue weighted by atomic mass is 9.92. The fraction of sp³-hybridized carbons (Fsp3) is 0.357. The van der Waals surface area contributed by atoms with Crippen molar-refractivity contribution in [3.63, 3.8) is 0 Å². The van der Waals surface area contributed by atoms with Gasteiger partial charge in [0.25, 0.3) is 0 Å². The van der Waals surface area contributed by atoms with Crippen LogP contribution in [0.2, 0.25) is 0 Å². The van der Waals surface area contributed by atoms with Crippen molar-refractivity contribution in [1.82, 2.24) is 10.2 Å². The van der Waals surface area contributed by atoms with E-state index in [0.717, 1.165) is 0 Å². The quantitative estimate of drug-likeness (QED) is 0.669. The number of benzene rings is 1. The number of nitrogens with one attached hydrogen (secondary N) is 2. The summed E-state index contributed by atoms with van der Waals surface area (Å²) in [5.41, 5.74) is -0.502. The van der Waals surface area contributed by atoms with E-state index in [1.807, 2.05) is 0 Å². The number of aromatic amines is 1. The van der Waals surface area contributed by atoms with Gasteiger partial charge in [-0.15, -0.1) is 0 Å². The summed E-state index contributed by atoms with van der Waals surface area (Å²) in [5, 5.41) is 8.93. The molecule has 0 saturated carbocycles. The standard InChI is InChI=1S/C14H16FN3O3/c1-4-21-13(20)14(2,3)12(19)16-8-5-6-9-10(7-8)17-18-11(9)15/h5-7H,4H2,1-3H3,(H,16,19)(H,17,18). The Kier molecular flexibility index (Phi) is 3.93. The molecule has 2 aromatic rings. The van der Waals surface area contributed by atoms with Crippen molar-refractivity contribution in [2.45, 2.75) is 20.8 Å². The van der Waals surface area contributed by atoms with Gasteiger partial charge in [0.05, 0.1) is 17.5 Å². The summed E-state index contributed by atoms with van der Waals surface area (Å²) >= 11 is 0. The third-order valence-electron chi connectivity index (χ3n) is 3.12. The number of nitrogens with zero attached hydrogens (tertiary/aromatic N) is 1. The maximum absolute atomic E-state index is 13.3. The summed E-state index contributed by atoms with van der Waals surface area (Å²) in [4.78, 5) is 23.9. The van der Waals surface area contributed by atoms with Crippen molar-refractivity contribution in [3.05, 3.63) is 24.1 Å². The zero-order valence-electron chi connectivity index (χ0n) is 12.0. The van der Waals surface area contributed by atoms with Crippen LogP contribution >= 0.6 is 0 Å². The van der Waals surface area contributed by atoms with Crippen molar-refractivity contribution in [3.8, 4) is 0 Å². The second-order valence-corrected chi connectivity index (χ2v) is 5.07. The monoisotopic (exact) mass is 293 g/mol. The van der Waals surface area contributed by atoms with Crippen molar-refractivity contribution in [2.24, 2.45) is 5.41 Å². The Morgan fingerprint density at radius 1 is 1.43 bits per heavy atom. The van der Waals surface area contributed by atoms with Gasteiger partial charge in [-0.05, 0) is 39.0 Å². The van der Waals surface area contributed by atoms with Gasteiger partial charge in [0.2, 0.25) is 11.9 Å². The van der Waals surface area contributed by atoms with Crippen molar-refractivity contribution in [1.29, 1.82) is 0 Å². The number of fused-ring (bicyclic) bond motifs is 1. The molecule has 2 N–H and O–H groups in total. The van der Waals surface area contributed by atoms with Crippen LogP contribution in [0.4, 0.5) is 10.1 Å². The summed E-state index contributed by atoms with van der Waals surface area (Å²) in [6.45, 7) is 4.83. The van der Waals surface area contributed by atoms with E-state index in [4.69, 9.17) is 4.74 Å². The van der Waals surface area contributed by atoms with E-state index in [0.29, 0.717) is 16.6 Å². The number of ether oxygens (including phenoxy) is 1. The van der Waals surface area contributed by atoms with Gasteiger partial charge >= 0.3 is 5.97 Å².